The highest BCUT2D eigenvalue weighted by molar-refractivity contribution is 6.31. The molecule has 0 aliphatic carbocycles. The van der Waals surface area contributed by atoms with Crippen LogP contribution in [-0.2, 0) is 9.59 Å². The van der Waals surface area contributed by atoms with Crippen molar-refractivity contribution in [3.63, 3.8) is 0 Å². The second-order valence-corrected chi connectivity index (χ2v) is 8.85. The van der Waals surface area contributed by atoms with Crippen LogP contribution in [0.1, 0.15) is 36.6 Å². The number of nitrogens with one attached hydrogen (secondary N) is 1. The first-order valence-electron chi connectivity index (χ1n) is 11.4. The fourth-order valence-corrected chi connectivity index (χ4v) is 4.64. The summed E-state index contributed by atoms with van der Waals surface area (Å²) in [5.74, 6) is -1.53. The maximum absolute atomic E-state index is 13.5. The van der Waals surface area contributed by atoms with Crippen molar-refractivity contribution in [2.45, 2.75) is 25.3 Å². The van der Waals surface area contributed by atoms with E-state index in [4.69, 9.17) is 16.7 Å². The highest BCUT2D eigenvalue weighted by Crippen LogP contribution is 2.37. The number of aromatic nitrogens is 2. The third-order valence-corrected chi connectivity index (χ3v) is 6.31. The lowest BCUT2D eigenvalue weighted by molar-refractivity contribution is -0.141. The number of carbonyl (C=O) groups is 2. The minimum atomic E-state index is -1.07. The van der Waals surface area contributed by atoms with Gasteiger partial charge in [-0.15, -0.1) is 0 Å². The molecule has 36 heavy (non-hydrogen) atoms. The molecule has 0 unspecified atom stereocenters. The normalized spacial score (nSPS) is 15.2. The monoisotopic (exact) mass is 500 g/mol. The molecule has 0 radical (unpaired) electrons. The first-order chi connectivity index (χ1) is 17.4. The maximum Gasteiger partial charge on any atom is 0.303 e. The van der Waals surface area contributed by atoms with Gasteiger partial charge in [-0.25, -0.2) is 5.01 Å². The lowest BCUT2D eigenvalue weighted by Gasteiger charge is -2.20. The average molecular weight is 501 g/mol. The maximum atomic E-state index is 13.5. The van der Waals surface area contributed by atoms with E-state index < -0.39 is 17.9 Å². The van der Waals surface area contributed by atoms with Gasteiger partial charge < -0.3 is 10.1 Å². The fourth-order valence-electron chi connectivity index (χ4n) is 4.47. The number of hydrazone groups is 1. The number of halogens is 1. The van der Waals surface area contributed by atoms with Gasteiger partial charge in [-0.3, -0.25) is 19.4 Å². The van der Waals surface area contributed by atoms with Gasteiger partial charge >= 0.3 is 5.97 Å². The summed E-state index contributed by atoms with van der Waals surface area (Å²) in [6.45, 7) is 0. The number of nitrogens with zero attached hydrogens (tertiary/aromatic N) is 3. The number of hydrogen-bond acceptors (Lipinski definition) is 5. The van der Waals surface area contributed by atoms with Crippen LogP contribution in [0.3, 0.4) is 0 Å². The van der Waals surface area contributed by atoms with E-state index in [1.165, 1.54) is 5.01 Å². The van der Waals surface area contributed by atoms with Crippen molar-refractivity contribution in [2.75, 3.05) is 0 Å². The van der Waals surface area contributed by atoms with Crippen molar-refractivity contribution < 1.29 is 14.7 Å². The number of benzene rings is 2. The van der Waals surface area contributed by atoms with Crippen molar-refractivity contribution in [3.8, 4) is 11.1 Å². The number of carboxylic acids is 1. The van der Waals surface area contributed by atoms with Crippen LogP contribution in [0.5, 0.6) is 0 Å². The molecule has 5 rings (SSSR count). The van der Waals surface area contributed by atoms with E-state index in [0.717, 1.165) is 10.9 Å². The quantitative estimate of drug-likeness (QED) is 0.395. The van der Waals surface area contributed by atoms with E-state index in [1.807, 2.05) is 30.3 Å². The van der Waals surface area contributed by atoms with Crippen LogP contribution in [0.25, 0.3) is 22.0 Å². The summed E-state index contributed by atoms with van der Waals surface area (Å²) >= 11 is 6.33. The second-order valence-electron chi connectivity index (χ2n) is 8.41. The second kappa shape index (κ2) is 9.75. The average Bonchev–Trinajstić information content (AvgIpc) is 3.33. The van der Waals surface area contributed by atoms with Crippen molar-refractivity contribution in [1.29, 1.82) is 0 Å². The highest BCUT2D eigenvalue weighted by Gasteiger charge is 2.36. The van der Waals surface area contributed by atoms with Gasteiger partial charge in [-0.2, -0.15) is 5.10 Å². The van der Waals surface area contributed by atoms with E-state index in [1.54, 1.807) is 42.6 Å². The van der Waals surface area contributed by atoms with E-state index in [9.17, 15) is 14.4 Å². The van der Waals surface area contributed by atoms with Gasteiger partial charge in [0.25, 0.3) is 5.56 Å². The Labute approximate surface area is 210 Å². The van der Waals surface area contributed by atoms with Crippen molar-refractivity contribution in [1.82, 2.24) is 15.0 Å². The number of amides is 1. The summed E-state index contributed by atoms with van der Waals surface area (Å²) in [6.07, 6.45) is 1.32. The third kappa shape index (κ3) is 4.50. The molecule has 0 bridgehead atoms. The summed E-state index contributed by atoms with van der Waals surface area (Å²) in [4.78, 5) is 44.9. The molecule has 0 fully saturated rings. The Kier molecular flexibility index (Phi) is 6.35. The predicted octanol–water partition coefficient (Wildman–Crippen LogP) is 4.79. The van der Waals surface area contributed by atoms with Crippen LogP contribution in [0.2, 0.25) is 5.02 Å². The third-order valence-electron chi connectivity index (χ3n) is 6.08. The van der Waals surface area contributed by atoms with Crippen LogP contribution in [0.4, 0.5) is 0 Å². The lowest BCUT2D eigenvalue weighted by Crippen LogP contribution is -2.27. The predicted molar refractivity (Wildman–Crippen MR) is 137 cm³/mol. The van der Waals surface area contributed by atoms with Gasteiger partial charge in [-0.05, 0) is 35.9 Å². The van der Waals surface area contributed by atoms with Gasteiger partial charge in [0.05, 0.1) is 23.4 Å². The molecule has 1 aliphatic rings. The number of carboxylic acid groups (broad SMARTS) is 1. The molecule has 2 aromatic carbocycles. The Hall–Kier alpha value is -4.30. The minimum Gasteiger partial charge on any atom is -0.481 e. The summed E-state index contributed by atoms with van der Waals surface area (Å²) in [7, 11) is 0. The van der Waals surface area contributed by atoms with Gasteiger partial charge in [0.1, 0.15) is 6.04 Å². The van der Waals surface area contributed by atoms with Gasteiger partial charge in [0.2, 0.25) is 5.91 Å². The Morgan fingerprint density at radius 3 is 2.53 bits per heavy atom. The molecule has 1 amide bonds. The molecule has 1 atom stereocenters. The van der Waals surface area contributed by atoms with Crippen LogP contribution in [-0.4, -0.2) is 37.7 Å². The Bertz CT molecular complexity index is 1550. The zero-order chi connectivity index (χ0) is 25.2. The van der Waals surface area contributed by atoms with E-state index in [2.05, 4.69) is 15.1 Å². The van der Waals surface area contributed by atoms with Crippen LogP contribution in [0.15, 0.2) is 82.8 Å². The number of fused-ring (bicyclic) bond motifs is 1. The number of aromatic amines is 1. The number of carbonyl (C=O) groups excluding carboxylic acids is 1. The first kappa shape index (κ1) is 23.4. The molecule has 2 N–H and O–H groups in total. The molecular weight excluding hydrogens is 480 g/mol. The molecule has 0 spiro atoms. The molecule has 8 nitrogen and oxygen atoms in total. The SMILES string of the molecule is O=C(O)CCC(=O)N1N=C(c2c(-c3ccccc3)c3cc(Cl)ccc3[nH]c2=O)C[C@@H]1c1ccccn1. The molecule has 3 heterocycles. The molecule has 9 heteroatoms. The van der Waals surface area contributed by atoms with Crippen LogP contribution in [0, 0.1) is 0 Å². The molecule has 2 aromatic heterocycles. The van der Waals surface area contributed by atoms with Gasteiger partial charge in [0, 0.05) is 40.5 Å². The molecule has 4 aromatic rings. The standard InChI is InChI=1S/C27H21ClN4O4/c28-17-9-10-19-18(14-17)25(16-6-2-1-3-7-16)26(27(36)30-19)21-15-22(20-8-4-5-13-29-20)32(31-21)23(33)11-12-24(34)35/h1-10,13-14,22H,11-12,15H2,(H,30,36)(H,34,35)/t22-/m1/s1. The topological polar surface area (TPSA) is 116 Å². The van der Waals surface area contributed by atoms with E-state index in [0.29, 0.717) is 33.1 Å². The molecular formula is C27H21ClN4O4. The van der Waals surface area contributed by atoms with Crippen LogP contribution < -0.4 is 5.56 Å². The number of rotatable bonds is 6. The zero-order valence-corrected chi connectivity index (χ0v) is 19.8. The number of H-pyrrole nitrogens is 1. The van der Waals surface area contributed by atoms with Gasteiger partial charge in [0.15, 0.2) is 0 Å². The number of hydrogen-bond donors (Lipinski definition) is 2. The molecule has 0 saturated carbocycles. The van der Waals surface area contributed by atoms with Crippen molar-refractivity contribution in [2.24, 2.45) is 5.10 Å². The van der Waals surface area contributed by atoms with E-state index >= 15 is 0 Å². The largest absolute Gasteiger partial charge is 0.481 e. The molecule has 1 aliphatic heterocycles. The Morgan fingerprint density at radius 2 is 1.81 bits per heavy atom. The Balaban J connectivity index is 1.70. The molecule has 0 saturated heterocycles. The summed E-state index contributed by atoms with van der Waals surface area (Å²) < 4.78 is 0. The fraction of sp³-hybridized carbons (Fsp3) is 0.148. The summed E-state index contributed by atoms with van der Waals surface area (Å²) in [6, 6.07) is 19.5. The smallest absolute Gasteiger partial charge is 0.303 e. The lowest BCUT2D eigenvalue weighted by atomic mass is 9.91. The van der Waals surface area contributed by atoms with E-state index in [-0.39, 0.29) is 24.8 Å². The van der Waals surface area contributed by atoms with Crippen molar-refractivity contribution in [3.05, 3.63) is 99.6 Å². The van der Waals surface area contributed by atoms with Crippen molar-refractivity contribution >= 4 is 40.1 Å². The van der Waals surface area contributed by atoms with Crippen LogP contribution >= 0.6 is 11.6 Å². The zero-order valence-electron chi connectivity index (χ0n) is 19.0. The molecule has 180 valence electrons. The Morgan fingerprint density at radius 1 is 1.03 bits per heavy atom. The summed E-state index contributed by atoms with van der Waals surface area (Å²) in [5, 5.41) is 16.2. The first-order valence-corrected chi connectivity index (χ1v) is 11.7. The summed E-state index contributed by atoms with van der Waals surface area (Å²) in [5.41, 5.74) is 3.10. The van der Waals surface area contributed by atoms with Gasteiger partial charge in [-0.1, -0.05) is 48.0 Å². The minimum absolute atomic E-state index is 0.218. The number of aliphatic carboxylic acids is 1. The highest BCUT2D eigenvalue weighted by atomic mass is 35.5. The number of pyridine rings is 2.